The molecule has 4 rings (SSSR count). The van der Waals surface area contributed by atoms with E-state index in [1.54, 1.807) is 9.80 Å². The van der Waals surface area contributed by atoms with Gasteiger partial charge in [-0.2, -0.15) is 0 Å². The van der Waals surface area contributed by atoms with Gasteiger partial charge in [0.1, 0.15) is 12.4 Å². The Morgan fingerprint density at radius 2 is 1.83 bits per heavy atom. The molecule has 9 heteroatoms. The molecule has 0 aliphatic carbocycles. The SMILES string of the molecule is O=C1CO[C@H]2CCN(C(=O)N3CCC(C(F)(F)c4ccc(F)cc4Cl)CC3)C[C@H]2C1. The molecule has 0 unspecified atom stereocenters. The highest BCUT2D eigenvalue weighted by molar-refractivity contribution is 6.31. The number of carbonyl (C=O) groups is 2. The second-order valence-electron chi connectivity index (χ2n) is 8.38. The zero-order valence-corrected chi connectivity index (χ0v) is 17.2. The summed E-state index contributed by atoms with van der Waals surface area (Å²) in [5.41, 5.74) is -0.376. The number of carbonyl (C=O) groups excluding carboxylic acids is 2. The molecular weight excluding hydrogens is 421 g/mol. The highest BCUT2D eigenvalue weighted by atomic mass is 35.5. The monoisotopic (exact) mass is 444 g/mol. The number of likely N-dealkylation sites (tertiary alicyclic amines) is 2. The number of amides is 2. The molecule has 3 aliphatic heterocycles. The third kappa shape index (κ3) is 4.17. The van der Waals surface area contributed by atoms with Crippen molar-refractivity contribution in [1.82, 2.24) is 9.80 Å². The summed E-state index contributed by atoms with van der Waals surface area (Å²) in [4.78, 5) is 27.9. The number of urea groups is 1. The molecule has 3 heterocycles. The predicted octanol–water partition coefficient (Wildman–Crippen LogP) is 4.08. The van der Waals surface area contributed by atoms with Gasteiger partial charge >= 0.3 is 6.03 Å². The lowest BCUT2D eigenvalue weighted by Crippen LogP contribution is -2.55. The number of alkyl halides is 2. The van der Waals surface area contributed by atoms with Gasteiger partial charge in [-0.25, -0.2) is 18.0 Å². The largest absolute Gasteiger partial charge is 0.370 e. The van der Waals surface area contributed by atoms with Crippen LogP contribution in [0.4, 0.5) is 18.0 Å². The van der Waals surface area contributed by atoms with Gasteiger partial charge in [0.2, 0.25) is 0 Å². The van der Waals surface area contributed by atoms with Crippen LogP contribution in [0.1, 0.15) is 31.2 Å². The van der Waals surface area contributed by atoms with Crippen LogP contribution in [0.3, 0.4) is 0 Å². The fraction of sp³-hybridized carbons (Fsp3) is 0.619. The fourth-order valence-electron chi connectivity index (χ4n) is 4.76. The third-order valence-electron chi connectivity index (χ3n) is 6.45. The summed E-state index contributed by atoms with van der Waals surface area (Å²) in [6.45, 7) is 1.58. The summed E-state index contributed by atoms with van der Waals surface area (Å²) in [6, 6.07) is 2.74. The lowest BCUT2D eigenvalue weighted by atomic mass is 9.86. The highest BCUT2D eigenvalue weighted by Crippen LogP contribution is 2.44. The number of halogens is 4. The summed E-state index contributed by atoms with van der Waals surface area (Å²) in [5.74, 6) is -4.77. The van der Waals surface area contributed by atoms with E-state index in [0.29, 0.717) is 25.9 Å². The van der Waals surface area contributed by atoms with Gasteiger partial charge in [0, 0.05) is 50.0 Å². The van der Waals surface area contributed by atoms with Gasteiger partial charge < -0.3 is 14.5 Å². The maximum atomic E-state index is 15.0. The summed E-state index contributed by atoms with van der Waals surface area (Å²) in [5, 5.41) is -0.286. The highest BCUT2D eigenvalue weighted by Gasteiger charge is 2.45. The van der Waals surface area contributed by atoms with Crippen molar-refractivity contribution in [3.05, 3.63) is 34.6 Å². The van der Waals surface area contributed by atoms with E-state index < -0.39 is 17.7 Å². The second-order valence-corrected chi connectivity index (χ2v) is 8.79. The van der Waals surface area contributed by atoms with Crippen molar-refractivity contribution in [3.8, 4) is 0 Å². The number of rotatable bonds is 2. The number of hydrogen-bond donors (Lipinski definition) is 0. The second kappa shape index (κ2) is 8.38. The molecule has 0 bridgehead atoms. The Balaban J connectivity index is 1.36. The number of piperidine rings is 2. The Kier molecular flexibility index (Phi) is 5.99. The molecule has 0 aromatic heterocycles. The van der Waals surface area contributed by atoms with Gasteiger partial charge in [-0.15, -0.1) is 0 Å². The molecule has 3 saturated heterocycles. The van der Waals surface area contributed by atoms with Gasteiger partial charge in [0.05, 0.1) is 11.1 Å². The van der Waals surface area contributed by atoms with Crippen LogP contribution in [0.2, 0.25) is 5.02 Å². The molecule has 1 aromatic carbocycles. The average molecular weight is 445 g/mol. The minimum atomic E-state index is -3.20. The molecule has 5 nitrogen and oxygen atoms in total. The summed E-state index contributed by atoms with van der Waals surface area (Å²) in [6.07, 6.45) is 1.38. The Labute approximate surface area is 178 Å². The number of ketones is 1. The van der Waals surface area contributed by atoms with Crippen molar-refractivity contribution in [2.24, 2.45) is 11.8 Å². The van der Waals surface area contributed by atoms with Crippen LogP contribution < -0.4 is 0 Å². The van der Waals surface area contributed by atoms with Crippen LogP contribution in [0.25, 0.3) is 0 Å². The van der Waals surface area contributed by atoms with Crippen LogP contribution in [0.15, 0.2) is 18.2 Å². The molecule has 164 valence electrons. The third-order valence-corrected chi connectivity index (χ3v) is 6.76. The molecule has 1 aromatic rings. The summed E-state index contributed by atoms with van der Waals surface area (Å²) < 4.78 is 48.7. The number of hydrogen-bond acceptors (Lipinski definition) is 3. The molecule has 2 amide bonds. The zero-order valence-electron chi connectivity index (χ0n) is 16.5. The Bertz CT molecular complexity index is 830. The van der Waals surface area contributed by atoms with Crippen molar-refractivity contribution in [3.63, 3.8) is 0 Å². The topological polar surface area (TPSA) is 49.9 Å². The molecule has 3 aliphatic rings. The standard InChI is InChI=1S/C21H24ClF3N2O3/c22-18-10-15(23)1-2-17(18)21(24,25)14-3-6-26(7-4-14)20(29)27-8-5-19-13(11-27)9-16(28)12-30-19/h1-2,10,13-14,19H,3-9,11-12H2/t13-,19+/m1/s1. The quantitative estimate of drug-likeness (QED) is 0.690. The van der Waals surface area contributed by atoms with Crippen molar-refractivity contribution in [1.29, 1.82) is 0 Å². The molecule has 3 fully saturated rings. The van der Waals surface area contributed by atoms with Crippen molar-refractivity contribution in [2.45, 2.75) is 37.7 Å². The van der Waals surface area contributed by atoms with E-state index in [2.05, 4.69) is 0 Å². The zero-order chi connectivity index (χ0) is 21.5. The maximum absolute atomic E-state index is 15.0. The normalized spacial score (nSPS) is 25.9. The molecule has 0 spiro atoms. The first-order valence-corrected chi connectivity index (χ1v) is 10.6. The van der Waals surface area contributed by atoms with Crippen molar-refractivity contribution in [2.75, 3.05) is 32.8 Å². The van der Waals surface area contributed by atoms with Crippen LogP contribution in [0.5, 0.6) is 0 Å². The summed E-state index contributed by atoms with van der Waals surface area (Å²) >= 11 is 5.85. The number of Topliss-reactive ketones (excluding diaryl/α,β-unsaturated/α-hetero) is 1. The lowest BCUT2D eigenvalue weighted by Gasteiger charge is -2.43. The van der Waals surface area contributed by atoms with Crippen molar-refractivity contribution < 1.29 is 27.5 Å². The van der Waals surface area contributed by atoms with E-state index in [9.17, 15) is 22.8 Å². The summed E-state index contributed by atoms with van der Waals surface area (Å²) in [7, 11) is 0. The Morgan fingerprint density at radius 3 is 2.53 bits per heavy atom. The van der Waals surface area contributed by atoms with Gasteiger partial charge in [0.25, 0.3) is 5.92 Å². The molecule has 2 atom stereocenters. The van der Waals surface area contributed by atoms with Crippen molar-refractivity contribution >= 4 is 23.4 Å². The maximum Gasteiger partial charge on any atom is 0.320 e. The smallest absolute Gasteiger partial charge is 0.320 e. The molecule has 0 saturated carbocycles. The Morgan fingerprint density at radius 1 is 1.13 bits per heavy atom. The first kappa shape index (κ1) is 21.4. The minimum Gasteiger partial charge on any atom is -0.370 e. The van der Waals surface area contributed by atoms with E-state index in [1.165, 1.54) is 0 Å². The van der Waals surface area contributed by atoms with E-state index >= 15 is 0 Å². The van der Waals surface area contributed by atoms with E-state index in [0.717, 1.165) is 18.2 Å². The molecular formula is C21H24ClF3N2O3. The van der Waals surface area contributed by atoms with Crippen LogP contribution in [-0.2, 0) is 15.5 Å². The number of benzene rings is 1. The lowest BCUT2D eigenvalue weighted by molar-refractivity contribution is -0.140. The average Bonchev–Trinajstić information content (AvgIpc) is 2.72. The number of ether oxygens (including phenoxy) is 1. The van der Waals surface area contributed by atoms with Gasteiger partial charge in [-0.1, -0.05) is 11.6 Å². The van der Waals surface area contributed by atoms with Crippen LogP contribution >= 0.6 is 11.6 Å². The van der Waals surface area contributed by atoms with Gasteiger partial charge in [-0.05, 0) is 37.5 Å². The van der Waals surface area contributed by atoms with Gasteiger partial charge in [0.15, 0.2) is 5.78 Å². The molecule has 0 N–H and O–H groups in total. The van der Waals surface area contributed by atoms with E-state index in [-0.39, 0.29) is 67.0 Å². The number of fused-ring (bicyclic) bond motifs is 1. The molecule has 0 radical (unpaired) electrons. The van der Waals surface area contributed by atoms with E-state index in [1.807, 2.05) is 0 Å². The molecule has 30 heavy (non-hydrogen) atoms. The van der Waals surface area contributed by atoms with Gasteiger partial charge in [-0.3, -0.25) is 4.79 Å². The van der Waals surface area contributed by atoms with Crippen LogP contribution in [-0.4, -0.2) is 60.5 Å². The Hall–Kier alpha value is -1.80. The van der Waals surface area contributed by atoms with E-state index in [4.69, 9.17) is 16.3 Å². The number of nitrogens with zero attached hydrogens (tertiary/aromatic N) is 2. The predicted molar refractivity (Wildman–Crippen MR) is 104 cm³/mol. The van der Waals surface area contributed by atoms with Crippen LogP contribution in [0, 0.1) is 17.7 Å². The minimum absolute atomic E-state index is 0.00596. The fourth-order valence-corrected chi connectivity index (χ4v) is 5.06. The first-order valence-electron chi connectivity index (χ1n) is 10.3. The first-order chi connectivity index (χ1) is 14.3.